The van der Waals surface area contributed by atoms with Gasteiger partial charge in [0.2, 0.25) is 35.4 Å². The first kappa shape index (κ1) is 60.0. The molecule has 0 radical (unpaired) electrons. The van der Waals surface area contributed by atoms with Gasteiger partial charge >= 0.3 is 0 Å². The summed E-state index contributed by atoms with van der Waals surface area (Å²) in [6, 6.07) is 30.5. The van der Waals surface area contributed by atoms with Crippen LogP contribution in [-0.4, -0.2) is 88.2 Å². The minimum Gasteiger partial charge on any atom is -0.344 e. The van der Waals surface area contributed by atoms with Crippen LogP contribution in [0, 0.1) is 0 Å². The van der Waals surface area contributed by atoms with Crippen LogP contribution in [0.25, 0.3) is 0 Å². The fraction of sp³-hybridized carbons (Fsp3) is 0.328. The van der Waals surface area contributed by atoms with Crippen LogP contribution in [-0.2, 0) is 48.0 Å². The third-order valence-electron chi connectivity index (χ3n) is 12.7. The van der Waals surface area contributed by atoms with Crippen molar-refractivity contribution >= 4 is 64.9 Å². The highest BCUT2D eigenvalue weighted by Crippen LogP contribution is 2.34. The Kier molecular flexibility index (Phi) is 25.3. The van der Waals surface area contributed by atoms with E-state index in [1.54, 1.807) is 110 Å². The summed E-state index contributed by atoms with van der Waals surface area (Å²) in [4.78, 5) is 92.5. The van der Waals surface area contributed by atoms with Crippen molar-refractivity contribution in [2.24, 2.45) is 17.2 Å². The summed E-state index contributed by atoms with van der Waals surface area (Å²) in [7, 11) is 0. The molecule has 0 aliphatic rings. The zero-order valence-corrected chi connectivity index (χ0v) is 44.0. The molecule has 0 aliphatic heterocycles. The van der Waals surface area contributed by atoms with Crippen molar-refractivity contribution < 1.29 is 28.8 Å². The van der Waals surface area contributed by atoms with Gasteiger partial charge in [-0.25, -0.2) is 0 Å². The molecular weight excluding hydrogens is 996 g/mol. The van der Waals surface area contributed by atoms with E-state index in [9.17, 15) is 28.8 Å². The molecular formula is C58H71ClN12O6. The van der Waals surface area contributed by atoms with E-state index in [0.717, 1.165) is 33.4 Å². The van der Waals surface area contributed by atoms with E-state index >= 15 is 0 Å². The maximum atomic E-state index is 13.8. The van der Waals surface area contributed by atoms with Crippen LogP contribution in [0.3, 0.4) is 0 Å². The Balaban J connectivity index is 0.0000109. The molecule has 0 spiro atoms. The summed E-state index contributed by atoms with van der Waals surface area (Å²) in [6.45, 7) is 1.39. The van der Waals surface area contributed by atoms with Gasteiger partial charge < -0.3 is 49.1 Å². The number of carbonyl (C=O) groups is 6. The molecule has 3 aromatic carbocycles. The summed E-state index contributed by atoms with van der Waals surface area (Å²) in [5.41, 5.74) is 23.8. The first-order valence-electron chi connectivity index (χ1n) is 25.9. The van der Waals surface area contributed by atoms with Crippen LogP contribution in [0.1, 0.15) is 97.1 Å². The standard InChI is InChI=1S/C58H70N12O6.ClH/c59-28-4-1-7-49(68-52(71)37-40-22-31-62-32-23-40)56(74)65-46-16-10-43(11-17-46)55(44-12-18-47(19-13-44)66-57(75)50(8-2-5-29-60)69-53(72)38-41-24-33-63-34-25-41)45-14-20-48(21-15-45)67-58(76)51(9-3-6-30-61)70-54(73)39-42-26-35-64-36-27-42;/h10-27,31-36,49-51,55H,1-9,28-30,37-39,59-61H2,(H,65,74)(H,66,75)(H,67,76)(H,68,71)(H,69,72)(H,70,73);1H/t49-,50-,51-;/m1./s1. The Hall–Kier alpha value is -7.90. The Morgan fingerprint density at radius 2 is 0.610 bits per heavy atom. The van der Waals surface area contributed by atoms with Gasteiger partial charge in [0.1, 0.15) is 18.1 Å². The maximum absolute atomic E-state index is 13.8. The Morgan fingerprint density at radius 3 is 0.844 bits per heavy atom. The van der Waals surface area contributed by atoms with E-state index in [-0.39, 0.29) is 73.0 Å². The maximum Gasteiger partial charge on any atom is 0.246 e. The number of pyridine rings is 3. The van der Waals surface area contributed by atoms with Crippen LogP contribution in [0.5, 0.6) is 0 Å². The van der Waals surface area contributed by atoms with Crippen molar-refractivity contribution in [1.82, 2.24) is 30.9 Å². The Labute approximate surface area is 456 Å². The van der Waals surface area contributed by atoms with E-state index in [2.05, 4.69) is 46.9 Å². The number of carbonyl (C=O) groups excluding carboxylic acids is 6. The summed E-state index contributed by atoms with van der Waals surface area (Å²) in [5.74, 6) is -2.30. The van der Waals surface area contributed by atoms with Crippen LogP contribution in [0.2, 0.25) is 0 Å². The second-order valence-corrected chi connectivity index (χ2v) is 18.6. The third-order valence-corrected chi connectivity index (χ3v) is 12.7. The molecule has 0 saturated heterocycles. The highest BCUT2D eigenvalue weighted by molar-refractivity contribution is 5.99. The number of hydrogen-bond donors (Lipinski definition) is 9. The normalized spacial score (nSPS) is 12.0. The molecule has 6 amide bonds. The number of nitrogens with zero attached hydrogens (tertiary/aromatic N) is 3. The van der Waals surface area contributed by atoms with Gasteiger partial charge in [0, 0.05) is 60.2 Å². The van der Waals surface area contributed by atoms with Gasteiger partial charge in [0.25, 0.3) is 0 Å². The number of unbranched alkanes of at least 4 members (excludes halogenated alkanes) is 3. The van der Waals surface area contributed by atoms with Gasteiger partial charge in [0.05, 0.1) is 19.3 Å². The van der Waals surface area contributed by atoms with Crippen molar-refractivity contribution in [3.05, 3.63) is 180 Å². The Bertz CT molecular complexity index is 2460. The van der Waals surface area contributed by atoms with Crippen molar-refractivity contribution in [3.8, 4) is 0 Å². The lowest BCUT2D eigenvalue weighted by Crippen LogP contribution is -2.44. The fourth-order valence-corrected chi connectivity index (χ4v) is 8.62. The molecule has 0 unspecified atom stereocenters. The lowest BCUT2D eigenvalue weighted by molar-refractivity contribution is -0.126. The highest BCUT2D eigenvalue weighted by atomic mass is 35.5. The number of nitrogens with one attached hydrogen (secondary N) is 6. The van der Waals surface area contributed by atoms with Gasteiger partial charge in [-0.1, -0.05) is 36.4 Å². The quantitative estimate of drug-likeness (QED) is 0.0189. The molecule has 18 nitrogen and oxygen atoms in total. The molecule has 0 aliphatic carbocycles. The fourth-order valence-electron chi connectivity index (χ4n) is 8.62. The van der Waals surface area contributed by atoms with Gasteiger partial charge in [-0.15, -0.1) is 12.4 Å². The molecule has 3 heterocycles. The van der Waals surface area contributed by atoms with E-state index in [1.807, 2.05) is 36.4 Å². The molecule has 406 valence electrons. The molecule has 12 N–H and O–H groups in total. The predicted octanol–water partition coefficient (Wildman–Crippen LogP) is 5.86. The molecule has 3 atom stereocenters. The van der Waals surface area contributed by atoms with E-state index < -0.39 is 18.1 Å². The van der Waals surface area contributed by atoms with E-state index in [4.69, 9.17) is 17.2 Å². The van der Waals surface area contributed by atoms with Gasteiger partial charge in [-0.05, 0) is 184 Å². The van der Waals surface area contributed by atoms with Crippen LogP contribution in [0.15, 0.2) is 146 Å². The summed E-state index contributed by atoms with van der Waals surface area (Å²) >= 11 is 0. The average molecular weight is 1070 g/mol. The van der Waals surface area contributed by atoms with Gasteiger partial charge in [-0.3, -0.25) is 43.7 Å². The van der Waals surface area contributed by atoms with Crippen LogP contribution < -0.4 is 49.1 Å². The molecule has 6 aromatic rings. The summed E-state index contributed by atoms with van der Waals surface area (Å²) < 4.78 is 0. The molecule has 0 fully saturated rings. The number of rotatable bonds is 30. The molecule has 3 aromatic heterocycles. The van der Waals surface area contributed by atoms with E-state index in [1.165, 1.54) is 0 Å². The minimum atomic E-state index is -0.791. The van der Waals surface area contributed by atoms with Crippen LogP contribution in [0.4, 0.5) is 17.1 Å². The average Bonchev–Trinajstić information content (AvgIpc) is 3.42. The number of amides is 6. The molecule has 77 heavy (non-hydrogen) atoms. The van der Waals surface area contributed by atoms with Gasteiger partial charge in [-0.2, -0.15) is 0 Å². The number of anilines is 3. The third kappa shape index (κ3) is 20.3. The monoisotopic (exact) mass is 1070 g/mol. The number of hydrogen-bond acceptors (Lipinski definition) is 12. The van der Waals surface area contributed by atoms with Crippen molar-refractivity contribution in [2.75, 3.05) is 35.6 Å². The topological polar surface area (TPSA) is 291 Å². The van der Waals surface area contributed by atoms with Crippen LogP contribution >= 0.6 is 12.4 Å². The summed E-state index contributed by atoms with van der Waals surface area (Å²) in [6.07, 6.45) is 15.2. The van der Waals surface area contributed by atoms with Crippen molar-refractivity contribution in [3.63, 3.8) is 0 Å². The zero-order valence-electron chi connectivity index (χ0n) is 43.2. The SMILES string of the molecule is Cl.NCCCC[C@@H](NC(=O)Cc1ccncc1)C(=O)Nc1ccc(C(c2ccc(NC(=O)[C@@H](CCCCN)NC(=O)Cc3ccncc3)cc2)c2ccc(NC(=O)[C@@H](CCCCN)NC(=O)Cc3ccncc3)cc2)cc1. The summed E-state index contributed by atoms with van der Waals surface area (Å²) in [5, 5.41) is 17.7. The molecule has 0 bridgehead atoms. The Morgan fingerprint density at radius 1 is 0.364 bits per heavy atom. The number of aromatic nitrogens is 3. The minimum absolute atomic E-state index is 0. The first-order valence-corrected chi connectivity index (χ1v) is 25.9. The zero-order chi connectivity index (χ0) is 53.9. The van der Waals surface area contributed by atoms with Gasteiger partial charge in [0.15, 0.2) is 0 Å². The predicted molar refractivity (Wildman–Crippen MR) is 302 cm³/mol. The lowest BCUT2D eigenvalue weighted by Gasteiger charge is -2.22. The smallest absolute Gasteiger partial charge is 0.246 e. The molecule has 19 heteroatoms. The first-order chi connectivity index (χ1) is 37.0. The largest absolute Gasteiger partial charge is 0.344 e. The second-order valence-electron chi connectivity index (χ2n) is 18.6. The molecule has 0 saturated carbocycles. The van der Waals surface area contributed by atoms with Crippen molar-refractivity contribution in [1.29, 1.82) is 0 Å². The lowest BCUT2D eigenvalue weighted by atomic mass is 9.85. The number of benzene rings is 3. The number of nitrogens with two attached hydrogens (primary N) is 3. The molecule has 6 rings (SSSR count). The van der Waals surface area contributed by atoms with E-state index in [0.29, 0.717) is 94.5 Å². The highest BCUT2D eigenvalue weighted by Gasteiger charge is 2.25. The van der Waals surface area contributed by atoms with Crippen molar-refractivity contribution in [2.45, 2.75) is 101 Å². The second kappa shape index (κ2) is 32.5. The number of halogens is 1.